The van der Waals surface area contributed by atoms with Crippen molar-refractivity contribution in [1.82, 2.24) is 4.90 Å². The number of hydrogen-bond acceptors (Lipinski definition) is 4. The van der Waals surface area contributed by atoms with E-state index in [9.17, 15) is 18.0 Å². The molecule has 1 aliphatic heterocycles. The van der Waals surface area contributed by atoms with Crippen LogP contribution in [0.5, 0.6) is 0 Å². The van der Waals surface area contributed by atoms with Crippen LogP contribution in [0.2, 0.25) is 5.02 Å². The SMILES string of the molecule is O=C(CN(Cc1cccs1)C[C@@H]1CCCO1)Nc1cc(C(F)(F)F)ccc1Cl. The molecule has 28 heavy (non-hydrogen) atoms. The minimum atomic E-state index is -4.50. The fourth-order valence-corrected chi connectivity index (χ4v) is 3.99. The summed E-state index contributed by atoms with van der Waals surface area (Å²) >= 11 is 7.55. The Balaban J connectivity index is 1.67. The Kier molecular flexibility index (Phi) is 6.98. The van der Waals surface area contributed by atoms with Gasteiger partial charge in [-0.15, -0.1) is 11.3 Å². The van der Waals surface area contributed by atoms with Crippen LogP contribution in [0.3, 0.4) is 0 Å². The Morgan fingerprint density at radius 2 is 2.18 bits per heavy atom. The fraction of sp³-hybridized carbons (Fsp3) is 0.421. The predicted octanol–water partition coefficient (Wildman–Crippen LogP) is 5.04. The minimum Gasteiger partial charge on any atom is -0.377 e. The maximum absolute atomic E-state index is 12.9. The third-order valence-corrected chi connectivity index (χ3v) is 5.57. The Bertz CT molecular complexity index is 793. The van der Waals surface area contributed by atoms with E-state index in [1.807, 2.05) is 22.4 Å². The van der Waals surface area contributed by atoms with Crippen molar-refractivity contribution >= 4 is 34.5 Å². The van der Waals surface area contributed by atoms with E-state index in [2.05, 4.69) is 5.32 Å². The number of rotatable bonds is 7. The molecule has 4 nitrogen and oxygen atoms in total. The van der Waals surface area contributed by atoms with E-state index in [4.69, 9.17) is 16.3 Å². The van der Waals surface area contributed by atoms with Crippen molar-refractivity contribution in [1.29, 1.82) is 0 Å². The van der Waals surface area contributed by atoms with Crippen LogP contribution in [-0.2, 0) is 22.3 Å². The van der Waals surface area contributed by atoms with Gasteiger partial charge in [0.1, 0.15) is 0 Å². The van der Waals surface area contributed by atoms with Gasteiger partial charge in [-0.1, -0.05) is 17.7 Å². The van der Waals surface area contributed by atoms with Crippen molar-refractivity contribution in [2.45, 2.75) is 31.7 Å². The number of carbonyl (C=O) groups is 1. The van der Waals surface area contributed by atoms with Gasteiger partial charge in [0.25, 0.3) is 0 Å². The first kappa shape index (κ1) is 21.1. The maximum Gasteiger partial charge on any atom is 0.416 e. The Morgan fingerprint density at radius 3 is 2.82 bits per heavy atom. The monoisotopic (exact) mass is 432 g/mol. The number of hydrogen-bond donors (Lipinski definition) is 1. The summed E-state index contributed by atoms with van der Waals surface area (Å²) in [5.41, 5.74) is -0.906. The van der Waals surface area contributed by atoms with Crippen molar-refractivity contribution in [2.75, 3.05) is 25.0 Å². The topological polar surface area (TPSA) is 41.6 Å². The summed E-state index contributed by atoms with van der Waals surface area (Å²) in [6, 6.07) is 6.79. The molecular formula is C19H20ClF3N2O2S. The van der Waals surface area contributed by atoms with Gasteiger partial charge >= 0.3 is 6.18 Å². The molecule has 0 unspecified atom stereocenters. The standard InChI is InChI=1S/C19H20ClF3N2O2S/c20-16-6-5-13(19(21,22)23)9-17(16)24-18(26)12-25(10-14-3-1-7-27-14)11-15-4-2-8-28-15/h2,4-6,8-9,14H,1,3,7,10-12H2,(H,24,26)/t14-/m0/s1. The van der Waals surface area contributed by atoms with Crippen LogP contribution < -0.4 is 5.32 Å². The molecule has 0 spiro atoms. The zero-order valence-electron chi connectivity index (χ0n) is 15.0. The lowest BCUT2D eigenvalue weighted by Crippen LogP contribution is -2.37. The summed E-state index contributed by atoms with van der Waals surface area (Å²) in [6.45, 7) is 1.90. The quantitative estimate of drug-likeness (QED) is 0.666. The smallest absolute Gasteiger partial charge is 0.377 e. The summed E-state index contributed by atoms with van der Waals surface area (Å²) in [6.07, 6.45) is -2.52. The Morgan fingerprint density at radius 1 is 1.36 bits per heavy atom. The number of amides is 1. The number of benzene rings is 1. The van der Waals surface area contributed by atoms with E-state index in [0.29, 0.717) is 19.7 Å². The van der Waals surface area contributed by atoms with E-state index >= 15 is 0 Å². The molecule has 1 atom stereocenters. The molecule has 2 heterocycles. The Labute approximate surface area is 170 Å². The molecule has 1 N–H and O–H groups in total. The second-order valence-electron chi connectivity index (χ2n) is 6.62. The average Bonchev–Trinajstić information content (AvgIpc) is 3.30. The number of alkyl halides is 3. The van der Waals surface area contributed by atoms with Crippen molar-refractivity contribution < 1.29 is 22.7 Å². The van der Waals surface area contributed by atoms with Crippen LogP contribution in [0, 0.1) is 0 Å². The van der Waals surface area contributed by atoms with E-state index < -0.39 is 17.6 Å². The molecule has 2 aromatic rings. The molecule has 1 aromatic heterocycles. The second-order valence-corrected chi connectivity index (χ2v) is 8.06. The Hall–Kier alpha value is -1.61. The zero-order chi connectivity index (χ0) is 20.1. The van der Waals surface area contributed by atoms with Crippen LogP contribution in [0.25, 0.3) is 0 Å². The lowest BCUT2D eigenvalue weighted by Gasteiger charge is -2.24. The lowest BCUT2D eigenvalue weighted by atomic mass is 10.2. The molecule has 0 aliphatic carbocycles. The molecule has 0 bridgehead atoms. The van der Waals surface area contributed by atoms with Crippen molar-refractivity contribution in [3.8, 4) is 0 Å². The molecule has 0 radical (unpaired) electrons. The molecular weight excluding hydrogens is 413 g/mol. The van der Waals surface area contributed by atoms with Gasteiger partial charge in [-0.25, -0.2) is 0 Å². The van der Waals surface area contributed by atoms with Gasteiger partial charge in [0.15, 0.2) is 0 Å². The fourth-order valence-electron chi connectivity index (χ4n) is 3.07. The number of anilines is 1. The van der Waals surface area contributed by atoms with Gasteiger partial charge in [0.05, 0.1) is 28.9 Å². The highest BCUT2D eigenvalue weighted by Crippen LogP contribution is 2.33. The van der Waals surface area contributed by atoms with Gasteiger partial charge in [-0.2, -0.15) is 13.2 Å². The van der Waals surface area contributed by atoms with Gasteiger partial charge in [0.2, 0.25) is 5.91 Å². The van der Waals surface area contributed by atoms with Crippen LogP contribution in [-0.4, -0.2) is 36.6 Å². The third kappa shape index (κ3) is 5.94. The first-order valence-electron chi connectivity index (χ1n) is 8.84. The number of nitrogens with one attached hydrogen (secondary N) is 1. The largest absolute Gasteiger partial charge is 0.416 e. The molecule has 1 fully saturated rings. The van der Waals surface area contributed by atoms with Crippen LogP contribution in [0.1, 0.15) is 23.3 Å². The molecule has 9 heteroatoms. The molecule has 1 amide bonds. The van der Waals surface area contributed by atoms with E-state index in [-0.39, 0.29) is 23.4 Å². The first-order chi connectivity index (χ1) is 13.3. The van der Waals surface area contributed by atoms with Crippen LogP contribution >= 0.6 is 22.9 Å². The lowest BCUT2D eigenvalue weighted by molar-refractivity contribution is -0.137. The van der Waals surface area contributed by atoms with E-state index in [1.165, 1.54) is 0 Å². The number of nitrogens with zero attached hydrogens (tertiary/aromatic N) is 1. The maximum atomic E-state index is 12.9. The first-order valence-corrected chi connectivity index (χ1v) is 10.1. The van der Waals surface area contributed by atoms with Gasteiger partial charge < -0.3 is 10.1 Å². The van der Waals surface area contributed by atoms with E-state index in [0.717, 1.165) is 35.9 Å². The minimum absolute atomic E-state index is 0.0321. The van der Waals surface area contributed by atoms with Crippen molar-refractivity contribution in [3.05, 3.63) is 51.2 Å². The number of halogens is 4. The number of ether oxygens (including phenoxy) is 1. The van der Waals surface area contributed by atoms with Crippen LogP contribution in [0.4, 0.5) is 18.9 Å². The molecule has 1 aromatic carbocycles. The molecule has 0 saturated carbocycles. The average molecular weight is 433 g/mol. The summed E-state index contributed by atoms with van der Waals surface area (Å²) in [4.78, 5) is 15.6. The van der Waals surface area contributed by atoms with Crippen LogP contribution in [0.15, 0.2) is 35.7 Å². The number of thiophene rings is 1. The predicted molar refractivity (Wildman–Crippen MR) is 104 cm³/mol. The summed E-state index contributed by atoms with van der Waals surface area (Å²) in [7, 11) is 0. The highest BCUT2D eigenvalue weighted by atomic mass is 35.5. The van der Waals surface area contributed by atoms with Gasteiger partial charge in [0, 0.05) is 24.6 Å². The molecule has 3 rings (SSSR count). The second kappa shape index (κ2) is 9.26. The molecule has 1 aliphatic rings. The molecule has 1 saturated heterocycles. The summed E-state index contributed by atoms with van der Waals surface area (Å²) in [5, 5.41) is 4.53. The van der Waals surface area contributed by atoms with Crippen molar-refractivity contribution in [2.24, 2.45) is 0 Å². The van der Waals surface area contributed by atoms with Crippen molar-refractivity contribution in [3.63, 3.8) is 0 Å². The zero-order valence-corrected chi connectivity index (χ0v) is 16.5. The summed E-state index contributed by atoms with van der Waals surface area (Å²) < 4.78 is 44.4. The number of carbonyl (C=O) groups excluding carboxylic acids is 1. The van der Waals surface area contributed by atoms with Gasteiger partial charge in [-0.3, -0.25) is 9.69 Å². The molecule has 152 valence electrons. The highest BCUT2D eigenvalue weighted by Gasteiger charge is 2.31. The normalized spacial score (nSPS) is 17.2. The van der Waals surface area contributed by atoms with E-state index in [1.54, 1.807) is 11.3 Å². The third-order valence-electron chi connectivity index (χ3n) is 4.38. The summed E-state index contributed by atoms with van der Waals surface area (Å²) in [5.74, 6) is -0.421. The van der Waals surface area contributed by atoms with Gasteiger partial charge in [-0.05, 0) is 42.5 Å². The highest BCUT2D eigenvalue weighted by molar-refractivity contribution is 7.09.